The van der Waals surface area contributed by atoms with Crippen LogP contribution in [0, 0.1) is 23.0 Å². The Kier molecular flexibility index (Phi) is 4.41. The zero-order valence-electron chi connectivity index (χ0n) is 14.0. The number of amides is 3. The zero-order valence-corrected chi connectivity index (χ0v) is 14.0. The second-order valence-corrected chi connectivity index (χ2v) is 6.04. The fourth-order valence-corrected chi connectivity index (χ4v) is 2.75. The first-order valence-electron chi connectivity index (χ1n) is 7.75. The smallest absolute Gasteiger partial charge is 0.319 e. The van der Waals surface area contributed by atoms with Crippen LogP contribution < -0.4 is 5.32 Å². The molecule has 1 saturated heterocycles. The van der Waals surface area contributed by atoms with Gasteiger partial charge in [0.2, 0.25) is 5.78 Å². The number of imide groups is 1. The van der Waals surface area contributed by atoms with Gasteiger partial charge in [-0.3, -0.25) is 14.5 Å². The molecule has 3 amide bonds. The summed E-state index contributed by atoms with van der Waals surface area (Å²) in [6.07, 6.45) is 0.670. The zero-order chi connectivity index (χ0) is 19.8. The lowest BCUT2D eigenvalue weighted by molar-refractivity contribution is -0.130. The Morgan fingerprint density at radius 3 is 2.56 bits per heavy atom. The van der Waals surface area contributed by atoms with Crippen molar-refractivity contribution in [2.75, 3.05) is 6.54 Å². The molecular formula is C18H12F2N4O3. The van der Waals surface area contributed by atoms with Crippen molar-refractivity contribution < 1.29 is 23.2 Å². The third-order valence-electron chi connectivity index (χ3n) is 4.24. The summed E-state index contributed by atoms with van der Waals surface area (Å²) in [7, 11) is 0. The first kappa shape index (κ1) is 18.1. The van der Waals surface area contributed by atoms with E-state index >= 15 is 0 Å². The molecule has 1 N–H and O–H groups in total. The van der Waals surface area contributed by atoms with Gasteiger partial charge < -0.3 is 5.32 Å². The van der Waals surface area contributed by atoms with Crippen LogP contribution in [0.3, 0.4) is 0 Å². The number of halogens is 2. The topological polar surface area (TPSA) is 103 Å². The number of benzene rings is 1. The summed E-state index contributed by atoms with van der Waals surface area (Å²) in [6.45, 7) is 0.710. The van der Waals surface area contributed by atoms with Crippen molar-refractivity contribution in [2.45, 2.75) is 12.5 Å². The normalized spacial score (nSPS) is 19.0. The van der Waals surface area contributed by atoms with E-state index in [4.69, 9.17) is 5.26 Å². The molecular weight excluding hydrogens is 358 g/mol. The highest BCUT2D eigenvalue weighted by Gasteiger charge is 2.49. The Morgan fingerprint density at radius 2 is 1.96 bits per heavy atom. The van der Waals surface area contributed by atoms with Crippen molar-refractivity contribution in [3.05, 3.63) is 65.0 Å². The number of nitriles is 1. The largest absolute Gasteiger partial charge is 0.325 e. The minimum absolute atomic E-state index is 0.379. The number of ketones is 1. The van der Waals surface area contributed by atoms with Gasteiger partial charge in [-0.2, -0.15) is 5.26 Å². The average Bonchev–Trinajstić information content (AvgIpc) is 2.85. The summed E-state index contributed by atoms with van der Waals surface area (Å²) < 4.78 is 26.6. The number of hydrogen-bond acceptors (Lipinski definition) is 5. The van der Waals surface area contributed by atoms with Crippen LogP contribution in [0.2, 0.25) is 0 Å². The fourth-order valence-electron chi connectivity index (χ4n) is 2.75. The van der Waals surface area contributed by atoms with Gasteiger partial charge in [0.15, 0.2) is 5.82 Å². The number of pyridine rings is 1. The Labute approximate surface area is 152 Å². The van der Waals surface area contributed by atoms with Gasteiger partial charge in [0.05, 0.1) is 24.4 Å². The van der Waals surface area contributed by atoms with E-state index in [9.17, 15) is 23.2 Å². The Hall–Kier alpha value is -3.67. The second kappa shape index (κ2) is 6.57. The van der Waals surface area contributed by atoms with Crippen LogP contribution >= 0.6 is 0 Å². The molecule has 1 unspecified atom stereocenters. The number of Topliss-reactive ketones (excluding diaryl/α,β-unsaturated/α-hetero) is 1. The molecule has 0 aliphatic carbocycles. The summed E-state index contributed by atoms with van der Waals surface area (Å²) in [6, 6.07) is 7.62. The van der Waals surface area contributed by atoms with Crippen LogP contribution in [0.1, 0.15) is 28.5 Å². The van der Waals surface area contributed by atoms with E-state index in [1.807, 2.05) is 6.07 Å². The minimum Gasteiger partial charge on any atom is -0.319 e. The van der Waals surface area contributed by atoms with E-state index in [1.165, 1.54) is 31.2 Å². The quantitative estimate of drug-likeness (QED) is 0.654. The molecule has 1 aliphatic heterocycles. The number of urea groups is 1. The number of nitrogens with one attached hydrogen (secondary N) is 1. The third kappa shape index (κ3) is 3.13. The van der Waals surface area contributed by atoms with Crippen molar-refractivity contribution in [1.29, 1.82) is 5.26 Å². The molecule has 1 aliphatic rings. The number of aromatic nitrogens is 1. The first-order valence-corrected chi connectivity index (χ1v) is 7.75. The van der Waals surface area contributed by atoms with Gasteiger partial charge in [-0.15, -0.1) is 0 Å². The Balaban J connectivity index is 1.85. The molecule has 2 aromatic rings. The van der Waals surface area contributed by atoms with Crippen molar-refractivity contribution in [2.24, 2.45) is 0 Å². The lowest BCUT2D eigenvalue weighted by atomic mass is 9.91. The molecule has 0 saturated carbocycles. The molecule has 3 rings (SSSR count). The summed E-state index contributed by atoms with van der Waals surface area (Å²) in [5, 5.41) is 11.3. The number of nitrogens with zero attached hydrogens (tertiary/aromatic N) is 3. The Morgan fingerprint density at radius 1 is 1.30 bits per heavy atom. The van der Waals surface area contributed by atoms with E-state index in [2.05, 4.69) is 10.3 Å². The van der Waals surface area contributed by atoms with Gasteiger partial charge in [0.1, 0.15) is 17.1 Å². The van der Waals surface area contributed by atoms with Gasteiger partial charge in [0, 0.05) is 6.07 Å². The Bertz CT molecular complexity index is 1000. The van der Waals surface area contributed by atoms with E-state index in [0.717, 1.165) is 0 Å². The van der Waals surface area contributed by atoms with Gasteiger partial charge >= 0.3 is 6.03 Å². The maximum absolute atomic E-state index is 13.7. The van der Waals surface area contributed by atoms with Gasteiger partial charge in [-0.25, -0.2) is 18.6 Å². The molecule has 1 atom stereocenters. The molecule has 0 spiro atoms. The van der Waals surface area contributed by atoms with Crippen LogP contribution in [0.25, 0.3) is 0 Å². The monoisotopic (exact) mass is 370 g/mol. The predicted molar refractivity (Wildman–Crippen MR) is 87.2 cm³/mol. The van der Waals surface area contributed by atoms with Crippen LogP contribution in [-0.4, -0.2) is 34.2 Å². The van der Waals surface area contributed by atoms with Crippen LogP contribution in [0.4, 0.5) is 13.6 Å². The van der Waals surface area contributed by atoms with Crippen LogP contribution in [-0.2, 0) is 10.3 Å². The van der Waals surface area contributed by atoms with E-state index < -0.39 is 47.1 Å². The van der Waals surface area contributed by atoms with Crippen molar-refractivity contribution in [3.63, 3.8) is 0 Å². The summed E-state index contributed by atoms with van der Waals surface area (Å²) in [5.74, 6) is -3.79. The van der Waals surface area contributed by atoms with Gasteiger partial charge in [0.25, 0.3) is 5.91 Å². The fraction of sp³-hybridized carbons (Fsp3) is 0.167. The molecule has 1 aromatic heterocycles. The highest BCUT2D eigenvalue weighted by molar-refractivity contribution is 6.11. The number of rotatable bonds is 4. The van der Waals surface area contributed by atoms with Gasteiger partial charge in [-0.1, -0.05) is 12.1 Å². The number of carbonyl (C=O) groups is 3. The summed E-state index contributed by atoms with van der Waals surface area (Å²) >= 11 is 0. The molecule has 7 nitrogen and oxygen atoms in total. The standard InChI is InChI=1S/C18H12F2N4O3/c1-18(11-4-2-10(7-21)3-5-11)16(26)24(17(27)23-18)9-14(25)15-13(20)6-12(19)8-22-15/h2-6,8H,9H2,1H3,(H,23,27). The third-order valence-corrected chi connectivity index (χ3v) is 4.24. The van der Waals surface area contributed by atoms with Crippen molar-refractivity contribution in [1.82, 2.24) is 15.2 Å². The molecule has 136 valence electrons. The molecule has 1 aromatic carbocycles. The van der Waals surface area contributed by atoms with E-state index in [-0.39, 0.29) is 0 Å². The predicted octanol–water partition coefficient (Wildman–Crippen LogP) is 1.88. The van der Waals surface area contributed by atoms with Crippen molar-refractivity contribution in [3.8, 4) is 6.07 Å². The number of carbonyl (C=O) groups excluding carboxylic acids is 3. The first-order chi connectivity index (χ1) is 12.8. The van der Waals surface area contributed by atoms with E-state index in [1.54, 1.807) is 0 Å². The minimum atomic E-state index is -1.44. The van der Waals surface area contributed by atoms with Gasteiger partial charge in [-0.05, 0) is 24.6 Å². The highest BCUT2D eigenvalue weighted by atomic mass is 19.1. The molecule has 27 heavy (non-hydrogen) atoms. The average molecular weight is 370 g/mol. The molecule has 0 bridgehead atoms. The highest BCUT2D eigenvalue weighted by Crippen LogP contribution is 2.29. The van der Waals surface area contributed by atoms with E-state index in [0.29, 0.717) is 28.3 Å². The summed E-state index contributed by atoms with van der Waals surface area (Å²) in [4.78, 5) is 41.2. The van der Waals surface area contributed by atoms with Crippen LogP contribution in [0.5, 0.6) is 0 Å². The lowest BCUT2D eigenvalue weighted by Gasteiger charge is -2.22. The number of hydrogen-bond donors (Lipinski definition) is 1. The lowest BCUT2D eigenvalue weighted by Crippen LogP contribution is -2.41. The molecule has 0 radical (unpaired) electrons. The SMILES string of the molecule is CC1(c2ccc(C#N)cc2)NC(=O)N(CC(=O)c2ncc(F)cc2F)C1=O. The van der Waals surface area contributed by atoms with Crippen molar-refractivity contribution >= 4 is 17.7 Å². The summed E-state index contributed by atoms with van der Waals surface area (Å²) in [5.41, 5.74) is -1.31. The van der Waals surface area contributed by atoms with Crippen LogP contribution in [0.15, 0.2) is 36.5 Å². The maximum Gasteiger partial charge on any atom is 0.325 e. The molecule has 9 heteroatoms. The molecule has 2 heterocycles. The second-order valence-electron chi connectivity index (χ2n) is 6.04. The maximum atomic E-state index is 13.7. The molecule has 1 fully saturated rings.